The predicted octanol–water partition coefficient (Wildman–Crippen LogP) is 3.10. The first-order chi connectivity index (χ1) is 16.2. The maximum Gasteiger partial charge on any atom is 0.421 e. The lowest BCUT2D eigenvalue weighted by molar-refractivity contribution is -0.106. The third-order valence-electron chi connectivity index (χ3n) is 6.46. The number of carbonyl (C=O) groups excluding carboxylic acids is 1. The van der Waals surface area contributed by atoms with Gasteiger partial charge in [-0.25, -0.2) is 19.3 Å². The first-order valence-corrected chi connectivity index (χ1v) is 11.3. The first kappa shape index (κ1) is 20.3. The molecule has 172 valence electrons. The number of ether oxygens (including phenoxy) is 3. The maximum absolute atomic E-state index is 12.9. The summed E-state index contributed by atoms with van der Waals surface area (Å²) in [5.74, 6) is 0.603. The Morgan fingerprint density at radius 1 is 1.12 bits per heavy atom. The van der Waals surface area contributed by atoms with Crippen molar-refractivity contribution in [3.8, 4) is 0 Å². The van der Waals surface area contributed by atoms with Gasteiger partial charge in [-0.15, -0.1) is 0 Å². The zero-order valence-corrected chi connectivity index (χ0v) is 18.4. The van der Waals surface area contributed by atoms with E-state index in [-0.39, 0.29) is 12.2 Å². The smallest absolute Gasteiger partial charge is 0.421 e. The number of morpholine rings is 1. The monoisotopic (exact) mass is 450 g/mol. The fourth-order valence-corrected chi connectivity index (χ4v) is 4.51. The normalized spacial score (nSPS) is 22.7. The second-order valence-corrected chi connectivity index (χ2v) is 8.55. The van der Waals surface area contributed by atoms with Gasteiger partial charge in [0.1, 0.15) is 23.8 Å². The number of aromatic nitrogens is 3. The van der Waals surface area contributed by atoms with Crippen LogP contribution in [0.2, 0.25) is 0 Å². The Hall–Kier alpha value is -3.37. The molecule has 3 aliphatic rings. The minimum atomic E-state index is -0.493. The molecular weight excluding hydrogens is 424 g/mol. The molecule has 1 saturated carbocycles. The Bertz CT molecular complexity index is 1210. The standard InChI is InChI=1S/C23H26N6O4/c1-24-17-11-20-26-15-8-14(9-16(10-15)28-4-6-31-7-5-28)12-32-18-2-3-19(18)33-23(30)29-13-25-21(17)22(29)27-20/h8-11,13,18-19H,2-7,12H2,1H3,(H2,24,26,27)/t18-,19-/m1/s1. The number of hydrogen-bond acceptors (Lipinski definition) is 9. The van der Waals surface area contributed by atoms with Gasteiger partial charge in [-0.1, -0.05) is 0 Å². The highest BCUT2D eigenvalue weighted by molar-refractivity contribution is 5.93. The highest BCUT2D eigenvalue weighted by Gasteiger charge is 2.36. The van der Waals surface area contributed by atoms with E-state index in [1.54, 1.807) is 0 Å². The number of anilines is 4. The molecule has 2 aromatic heterocycles. The lowest BCUT2D eigenvalue weighted by Gasteiger charge is -2.35. The van der Waals surface area contributed by atoms with Crippen LogP contribution in [0.1, 0.15) is 18.4 Å². The zero-order chi connectivity index (χ0) is 22.4. The van der Waals surface area contributed by atoms with E-state index in [2.05, 4.69) is 38.7 Å². The third kappa shape index (κ3) is 3.75. The van der Waals surface area contributed by atoms with E-state index < -0.39 is 6.09 Å². The Morgan fingerprint density at radius 3 is 2.76 bits per heavy atom. The van der Waals surface area contributed by atoms with E-state index in [0.29, 0.717) is 36.8 Å². The van der Waals surface area contributed by atoms with E-state index >= 15 is 0 Å². The summed E-state index contributed by atoms with van der Waals surface area (Å²) >= 11 is 0. The van der Waals surface area contributed by atoms with Crippen LogP contribution < -0.4 is 15.5 Å². The molecule has 10 heteroatoms. The number of benzene rings is 1. The summed E-state index contributed by atoms with van der Waals surface area (Å²) in [5, 5.41) is 6.57. The van der Waals surface area contributed by atoms with Crippen molar-refractivity contribution in [1.29, 1.82) is 0 Å². The Morgan fingerprint density at radius 2 is 1.97 bits per heavy atom. The molecule has 0 spiro atoms. The predicted molar refractivity (Wildman–Crippen MR) is 123 cm³/mol. The summed E-state index contributed by atoms with van der Waals surface area (Å²) < 4.78 is 18.8. The molecule has 1 saturated heterocycles. The molecule has 2 fully saturated rings. The van der Waals surface area contributed by atoms with E-state index in [1.165, 1.54) is 10.9 Å². The van der Waals surface area contributed by atoms with Gasteiger partial charge in [-0.05, 0) is 36.6 Å². The summed E-state index contributed by atoms with van der Waals surface area (Å²) in [6.07, 6.45) is 2.22. The number of nitrogens with zero attached hydrogens (tertiary/aromatic N) is 4. The number of carbonyl (C=O) groups is 1. The number of pyridine rings is 1. The number of rotatable bonds is 2. The van der Waals surface area contributed by atoms with Crippen LogP contribution in [-0.2, 0) is 20.8 Å². The SMILES string of the molecule is CNc1cc2nc3c1ncn3C(=O)O[C@@H]1CC[C@H]1OCc1cc(cc(N3CCOCC3)c1)N2. The molecule has 0 radical (unpaired) electrons. The fraction of sp³-hybridized carbons (Fsp3) is 0.435. The number of fused-ring (bicyclic) bond motifs is 4. The summed E-state index contributed by atoms with van der Waals surface area (Å²) in [4.78, 5) is 24.3. The molecule has 0 amide bonds. The maximum atomic E-state index is 12.9. The van der Waals surface area contributed by atoms with Crippen molar-refractivity contribution in [1.82, 2.24) is 14.5 Å². The molecule has 3 aromatic rings. The quantitative estimate of drug-likeness (QED) is 0.610. The average Bonchev–Trinajstić information content (AvgIpc) is 3.25. The van der Waals surface area contributed by atoms with Crippen LogP contribution in [0.15, 0.2) is 30.6 Å². The minimum Gasteiger partial charge on any atom is -0.443 e. The summed E-state index contributed by atoms with van der Waals surface area (Å²) in [6, 6.07) is 8.24. The summed E-state index contributed by atoms with van der Waals surface area (Å²) in [7, 11) is 1.82. The van der Waals surface area contributed by atoms with Crippen molar-refractivity contribution in [2.24, 2.45) is 0 Å². The minimum absolute atomic E-state index is 0.119. The lowest BCUT2D eigenvalue weighted by atomic mass is 9.92. The van der Waals surface area contributed by atoms with Gasteiger partial charge in [0.25, 0.3) is 0 Å². The van der Waals surface area contributed by atoms with E-state index in [4.69, 9.17) is 19.2 Å². The molecule has 4 bridgehead atoms. The van der Waals surface area contributed by atoms with Crippen LogP contribution in [-0.4, -0.2) is 66.2 Å². The average molecular weight is 450 g/mol. The second kappa shape index (κ2) is 8.20. The Kier molecular flexibility index (Phi) is 5.03. The first-order valence-electron chi connectivity index (χ1n) is 11.3. The number of imidazole rings is 1. The summed E-state index contributed by atoms with van der Waals surface area (Å²) in [5.41, 5.74) is 4.89. The van der Waals surface area contributed by atoms with Crippen molar-refractivity contribution in [2.75, 3.05) is 48.9 Å². The molecule has 0 unspecified atom stereocenters. The molecule has 2 N–H and O–H groups in total. The molecule has 10 nitrogen and oxygen atoms in total. The van der Waals surface area contributed by atoms with Gasteiger partial charge in [0.2, 0.25) is 0 Å². The summed E-state index contributed by atoms with van der Waals surface area (Å²) in [6.45, 7) is 3.56. The van der Waals surface area contributed by atoms with Gasteiger partial charge >= 0.3 is 6.09 Å². The van der Waals surface area contributed by atoms with E-state index in [1.807, 2.05) is 13.1 Å². The van der Waals surface area contributed by atoms with Crippen molar-refractivity contribution in [3.05, 3.63) is 36.2 Å². The van der Waals surface area contributed by atoms with Crippen LogP contribution in [0.5, 0.6) is 0 Å². The molecular formula is C23H26N6O4. The molecule has 1 aromatic carbocycles. The Labute approximate surface area is 190 Å². The van der Waals surface area contributed by atoms with Gasteiger partial charge in [-0.3, -0.25) is 0 Å². The Balaban J connectivity index is 1.45. The van der Waals surface area contributed by atoms with Crippen LogP contribution in [0.25, 0.3) is 11.2 Å². The number of hydrogen-bond donors (Lipinski definition) is 2. The van der Waals surface area contributed by atoms with Gasteiger partial charge in [-0.2, -0.15) is 0 Å². The van der Waals surface area contributed by atoms with Crippen molar-refractivity contribution < 1.29 is 19.0 Å². The zero-order valence-electron chi connectivity index (χ0n) is 18.4. The molecule has 4 heterocycles. The molecule has 33 heavy (non-hydrogen) atoms. The van der Waals surface area contributed by atoms with Crippen LogP contribution in [0.4, 0.5) is 27.7 Å². The highest BCUT2D eigenvalue weighted by Crippen LogP contribution is 2.32. The van der Waals surface area contributed by atoms with Gasteiger partial charge in [0, 0.05) is 37.6 Å². The highest BCUT2D eigenvalue weighted by atomic mass is 16.6. The van der Waals surface area contributed by atoms with Gasteiger partial charge in [0.05, 0.1) is 31.6 Å². The van der Waals surface area contributed by atoms with Gasteiger partial charge in [0.15, 0.2) is 5.65 Å². The van der Waals surface area contributed by atoms with Crippen LogP contribution in [0.3, 0.4) is 0 Å². The van der Waals surface area contributed by atoms with E-state index in [9.17, 15) is 4.79 Å². The van der Waals surface area contributed by atoms with Crippen molar-refractivity contribution in [3.63, 3.8) is 0 Å². The topological polar surface area (TPSA) is 103 Å². The van der Waals surface area contributed by atoms with Gasteiger partial charge < -0.3 is 29.7 Å². The largest absolute Gasteiger partial charge is 0.443 e. The second-order valence-electron chi connectivity index (χ2n) is 8.55. The molecule has 6 rings (SSSR count). The lowest BCUT2D eigenvalue weighted by Crippen LogP contribution is -2.43. The van der Waals surface area contributed by atoms with E-state index in [0.717, 1.165) is 48.6 Å². The molecule has 2 atom stereocenters. The third-order valence-corrected chi connectivity index (χ3v) is 6.46. The van der Waals surface area contributed by atoms with Crippen LogP contribution >= 0.6 is 0 Å². The van der Waals surface area contributed by atoms with Crippen molar-refractivity contribution >= 4 is 40.1 Å². The van der Waals surface area contributed by atoms with Crippen molar-refractivity contribution in [2.45, 2.75) is 31.7 Å². The number of nitrogens with one attached hydrogen (secondary N) is 2. The molecule has 2 aliphatic heterocycles. The van der Waals surface area contributed by atoms with Crippen LogP contribution in [0, 0.1) is 0 Å². The molecule has 1 aliphatic carbocycles. The fourth-order valence-electron chi connectivity index (χ4n) is 4.51.